The van der Waals surface area contributed by atoms with Gasteiger partial charge in [0.2, 0.25) is 5.95 Å². The summed E-state index contributed by atoms with van der Waals surface area (Å²) in [6, 6.07) is 6.02. The monoisotopic (exact) mass is 335 g/mol. The van der Waals surface area contributed by atoms with Crippen LogP contribution in [0.3, 0.4) is 0 Å². The van der Waals surface area contributed by atoms with Crippen LogP contribution in [0, 0.1) is 25.7 Å². The van der Waals surface area contributed by atoms with Gasteiger partial charge in [-0.25, -0.2) is 9.97 Å². The van der Waals surface area contributed by atoms with Crippen LogP contribution in [0.1, 0.15) is 11.3 Å². The Morgan fingerprint density at radius 2 is 1.68 bits per heavy atom. The van der Waals surface area contributed by atoms with Crippen LogP contribution in [-0.2, 0) is 0 Å². The number of hydrogen-bond acceptors (Lipinski definition) is 6. The zero-order chi connectivity index (χ0) is 17.0. The van der Waals surface area contributed by atoms with Crippen LogP contribution < -0.4 is 9.80 Å². The van der Waals surface area contributed by atoms with Crippen LogP contribution in [0.2, 0.25) is 0 Å². The molecule has 0 N–H and O–H groups in total. The van der Waals surface area contributed by atoms with Gasteiger partial charge in [0, 0.05) is 55.5 Å². The molecule has 2 unspecified atom stereocenters. The first-order chi connectivity index (χ1) is 12.2. The van der Waals surface area contributed by atoms with Crippen LogP contribution >= 0.6 is 0 Å². The van der Waals surface area contributed by atoms with E-state index in [1.807, 2.05) is 24.4 Å². The molecule has 0 bridgehead atoms. The molecule has 25 heavy (non-hydrogen) atoms. The van der Waals surface area contributed by atoms with Crippen LogP contribution in [0.15, 0.2) is 30.7 Å². The number of fused-ring (bicyclic) bond motifs is 2. The quantitative estimate of drug-likeness (QED) is 0.710. The van der Waals surface area contributed by atoms with Gasteiger partial charge in [-0.2, -0.15) is 0 Å². The third kappa shape index (κ3) is 2.26. The van der Waals surface area contributed by atoms with Gasteiger partial charge in [-0.1, -0.05) is 6.07 Å². The average Bonchev–Trinajstić information content (AvgIpc) is 3.29. The van der Waals surface area contributed by atoms with Gasteiger partial charge < -0.3 is 9.80 Å². The van der Waals surface area contributed by atoms with Gasteiger partial charge in [0.25, 0.3) is 0 Å². The van der Waals surface area contributed by atoms with Crippen molar-refractivity contribution < 1.29 is 0 Å². The fourth-order valence-corrected chi connectivity index (χ4v) is 4.22. The molecule has 2 saturated heterocycles. The maximum atomic E-state index is 4.53. The van der Waals surface area contributed by atoms with Gasteiger partial charge in [0.1, 0.15) is 12.1 Å². The van der Waals surface area contributed by atoms with E-state index in [-0.39, 0.29) is 0 Å². The predicted octanol–water partition coefficient (Wildman–Crippen LogP) is 1.71. The molecule has 0 saturated carbocycles. The highest BCUT2D eigenvalue weighted by Gasteiger charge is 2.42. The topological polar surface area (TPSA) is 62.5 Å². The third-order valence-electron chi connectivity index (χ3n) is 5.67. The molecule has 0 aromatic carbocycles. The molecule has 0 radical (unpaired) electrons. The second-order valence-corrected chi connectivity index (χ2v) is 7.17. The fourth-order valence-electron chi connectivity index (χ4n) is 4.22. The molecule has 2 aliphatic heterocycles. The van der Waals surface area contributed by atoms with Crippen molar-refractivity contribution in [2.45, 2.75) is 13.8 Å². The lowest BCUT2D eigenvalue weighted by molar-refractivity contribution is 0.533. The molecule has 0 spiro atoms. The molecule has 3 aromatic rings. The molecule has 5 heterocycles. The van der Waals surface area contributed by atoms with Crippen molar-refractivity contribution in [1.29, 1.82) is 0 Å². The predicted molar refractivity (Wildman–Crippen MR) is 95.9 cm³/mol. The molecule has 2 atom stereocenters. The normalized spacial score (nSPS) is 22.8. The Kier molecular flexibility index (Phi) is 3.16. The van der Waals surface area contributed by atoms with Gasteiger partial charge >= 0.3 is 0 Å². The fraction of sp³-hybridized carbons (Fsp3) is 0.444. The van der Waals surface area contributed by atoms with Crippen molar-refractivity contribution in [3.8, 4) is 0 Å². The summed E-state index contributed by atoms with van der Waals surface area (Å²) in [5, 5.41) is 8.70. The second kappa shape index (κ2) is 5.40. The van der Waals surface area contributed by atoms with Gasteiger partial charge in [0.05, 0.1) is 0 Å². The van der Waals surface area contributed by atoms with Crippen LogP contribution in [0.4, 0.5) is 11.8 Å². The number of aryl methyl sites for hydroxylation is 1. The average molecular weight is 335 g/mol. The highest BCUT2D eigenvalue weighted by molar-refractivity contribution is 5.51. The van der Waals surface area contributed by atoms with E-state index in [1.165, 1.54) is 5.56 Å². The van der Waals surface area contributed by atoms with Crippen molar-refractivity contribution in [2.24, 2.45) is 11.8 Å². The smallest absolute Gasteiger partial charge is 0.231 e. The molecular formula is C18H21N7. The van der Waals surface area contributed by atoms with E-state index in [0.29, 0.717) is 11.8 Å². The first kappa shape index (κ1) is 14.6. The molecule has 0 aliphatic carbocycles. The van der Waals surface area contributed by atoms with Crippen molar-refractivity contribution in [1.82, 2.24) is 24.6 Å². The zero-order valence-electron chi connectivity index (χ0n) is 14.5. The van der Waals surface area contributed by atoms with E-state index in [9.17, 15) is 0 Å². The first-order valence-corrected chi connectivity index (χ1v) is 8.78. The van der Waals surface area contributed by atoms with Crippen molar-refractivity contribution >= 4 is 17.4 Å². The SMILES string of the molecule is Cc1ncnc(N2CC3CN(c4nnc5ccccn45)CC3C2)c1C. The van der Waals surface area contributed by atoms with E-state index in [0.717, 1.165) is 49.3 Å². The minimum atomic E-state index is 0.644. The first-order valence-electron chi connectivity index (χ1n) is 8.78. The van der Waals surface area contributed by atoms with E-state index < -0.39 is 0 Å². The lowest BCUT2D eigenvalue weighted by atomic mass is 10.0. The molecule has 2 fully saturated rings. The highest BCUT2D eigenvalue weighted by atomic mass is 15.4. The molecule has 2 aliphatic rings. The zero-order valence-corrected chi connectivity index (χ0v) is 14.5. The van der Waals surface area contributed by atoms with Gasteiger partial charge in [-0.3, -0.25) is 4.40 Å². The largest absolute Gasteiger partial charge is 0.356 e. The van der Waals surface area contributed by atoms with Crippen molar-refractivity contribution in [3.63, 3.8) is 0 Å². The van der Waals surface area contributed by atoms with Crippen LogP contribution in [0.5, 0.6) is 0 Å². The van der Waals surface area contributed by atoms with E-state index in [1.54, 1.807) is 6.33 Å². The van der Waals surface area contributed by atoms with Crippen molar-refractivity contribution in [2.75, 3.05) is 36.0 Å². The summed E-state index contributed by atoms with van der Waals surface area (Å²) in [5.41, 5.74) is 3.17. The Balaban J connectivity index is 1.36. The van der Waals surface area contributed by atoms with E-state index in [4.69, 9.17) is 0 Å². The molecule has 128 valence electrons. The molecule has 3 aromatic heterocycles. The van der Waals surface area contributed by atoms with E-state index in [2.05, 4.69) is 48.2 Å². The lowest BCUT2D eigenvalue weighted by Crippen LogP contribution is -2.30. The summed E-state index contributed by atoms with van der Waals surface area (Å²) in [4.78, 5) is 13.6. The van der Waals surface area contributed by atoms with Crippen LogP contribution in [-0.4, -0.2) is 50.7 Å². The summed E-state index contributed by atoms with van der Waals surface area (Å²) in [7, 11) is 0. The molecule has 0 amide bonds. The molecule has 7 nitrogen and oxygen atoms in total. The summed E-state index contributed by atoms with van der Waals surface area (Å²) in [5.74, 6) is 3.35. The third-order valence-corrected chi connectivity index (χ3v) is 5.67. The Labute approximate surface area is 146 Å². The Morgan fingerprint density at radius 1 is 0.920 bits per heavy atom. The highest BCUT2D eigenvalue weighted by Crippen LogP contribution is 2.36. The lowest BCUT2D eigenvalue weighted by Gasteiger charge is -2.23. The second-order valence-electron chi connectivity index (χ2n) is 7.17. The summed E-state index contributed by atoms with van der Waals surface area (Å²) < 4.78 is 2.08. The summed E-state index contributed by atoms with van der Waals surface area (Å²) >= 11 is 0. The standard InChI is InChI=1S/C18H21N7/c1-12-13(2)19-11-20-17(12)23-7-14-9-24(10-15(14)8-23)18-22-21-16-5-3-4-6-25(16)18/h3-6,11,14-15H,7-10H2,1-2H3. The van der Waals surface area contributed by atoms with Gasteiger partial charge in [0.15, 0.2) is 5.65 Å². The number of anilines is 2. The molecule has 5 rings (SSSR count). The number of aromatic nitrogens is 5. The Hall–Kier alpha value is -2.70. The number of rotatable bonds is 2. The Morgan fingerprint density at radius 3 is 2.48 bits per heavy atom. The number of pyridine rings is 1. The van der Waals surface area contributed by atoms with E-state index >= 15 is 0 Å². The minimum absolute atomic E-state index is 0.644. The van der Waals surface area contributed by atoms with Gasteiger partial charge in [-0.15, -0.1) is 10.2 Å². The summed E-state index contributed by atoms with van der Waals surface area (Å²) in [6.45, 7) is 8.33. The summed E-state index contributed by atoms with van der Waals surface area (Å²) in [6.07, 6.45) is 3.72. The van der Waals surface area contributed by atoms with Gasteiger partial charge in [-0.05, 0) is 26.0 Å². The van der Waals surface area contributed by atoms with Crippen molar-refractivity contribution in [3.05, 3.63) is 42.0 Å². The number of nitrogens with zero attached hydrogens (tertiary/aromatic N) is 7. The Bertz CT molecular complexity index is 920. The number of hydrogen-bond donors (Lipinski definition) is 0. The maximum Gasteiger partial charge on any atom is 0.231 e. The van der Waals surface area contributed by atoms with Crippen LogP contribution in [0.25, 0.3) is 5.65 Å². The molecule has 7 heteroatoms. The molecular weight excluding hydrogens is 314 g/mol. The minimum Gasteiger partial charge on any atom is -0.356 e. The maximum absolute atomic E-state index is 4.53.